The number of carbonyl (C=O) groups excluding carboxylic acids is 1. The molecule has 0 saturated carbocycles. The van der Waals surface area contributed by atoms with E-state index in [4.69, 9.17) is 20.9 Å². The molecular weight excluding hydrogens is 390 g/mol. The Bertz CT molecular complexity index is 985. The van der Waals surface area contributed by atoms with E-state index in [0.717, 1.165) is 16.7 Å². The molecule has 0 aliphatic carbocycles. The van der Waals surface area contributed by atoms with Crippen LogP contribution in [0.25, 0.3) is 11.4 Å². The molecule has 0 unspecified atom stereocenters. The Morgan fingerprint density at radius 3 is 2.59 bits per heavy atom. The first-order chi connectivity index (χ1) is 13.9. The van der Waals surface area contributed by atoms with Gasteiger partial charge in [0.2, 0.25) is 11.7 Å². The molecule has 0 N–H and O–H groups in total. The van der Waals surface area contributed by atoms with Gasteiger partial charge < -0.3 is 14.2 Å². The summed E-state index contributed by atoms with van der Waals surface area (Å²) >= 11 is 6.04. The number of aryl methyl sites for hydroxylation is 2. The fourth-order valence-electron chi connectivity index (χ4n) is 2.85. The van der Waals surface area contributed by atoms with E-state index in [1.165, 1.54) is 0 Å². The van der Waals surface area contributed by atoms with E-state index in [2.05, 4.69) is 10.1 Å². The summed E-state index contributed by atoms with van der Waals surface area (Å²) in [6.07, 6.45) is -0.657. The van der Waals surface area contributed by atoms with Gasteiger partial charge in [0, 0.05) is 17.1 Å². The maximum atomic E-state index is 12.8. The molecule has 7 heteroatoms. The third-order valence-corrected chi connectivity index (χ3v) is 5.01. The number of hydrogen-bond donors (Lipinski definition) is 0. The van der Waals surface area contributed by atoms with E-state index in [-0.39, 0.29) is 12.5 Å². The summed E-state index contributed by atoms with van der Waals surface area (Å²) in [6.45, 7) is 8.25. The number of ether oxygens (including phenoxy) is 1. The number of aromatic nitrogens is 2. The fourth-order valence-corrected chi connectivity index (χ4v) is 2.97. The number of hydrogen-bond acceptors (Lipinski definition) is 5. The van der Waals surface area contributed by atoms with Crippen LogP contribution in [-0.4, -0.2) is 33.6 Å². The van der Waals surface area contributed by atoms with Gasteiger partial charge in [-0.05, 0) is 51.5 Å². The molecule has 0 saturated heterocycles. The Labute approximate surface area is 175 Å². The van der Waals surface area contributed by atoms with E-state index >= 15 is 0 Å². The second-order valence-electron chi connectivity index (χ2n) is 6.90. The van der Waals surface area contributed by atoms with Crippen molar-refractivity contribution in [2.45, 2.75) is 40.3 Å². The lowest BCUT2D eigenvalue weighted by molar-refractivity contribution is -0.138. The van der Waals surface area contributed by atoms with E-state index < -0.39 is 6.10 Å². The Hall–Kier alpha value is -2.86. The van der Waals surface area contributed by atoms with Crippen LogP contribution in [0.15, 0.2) is 47.0 Å². The average Bonchev–Trinajstić information content (AvgIpc) is 3.17. The number of benzene rings is 2. The van der Waals surface area contributed by atoms with Gasteiger partial charge in [-0.3, -0.25) is 4.79 Å². The highest BCUT2D eigenvalue weighted by atomic mass is 35.5. The van der Waals surface area contributed by atoms with Gasteiger partial charge in [0.25, 0.3) is 5.91 Å². The van der Waals surface area contributed by atoms with Gasteiger partial charge in [-0.15, -0.1) is 0 Å². The minimum atomic E-state index is -0.657. The molecule has 1 aromatic heterocycles. The summed E-state index contributed by atoms with van der Waals surface area (Å²) < 4.78 is 11.1. The van der Waals surface area contributed by atoms with Crippen molar-refractivity contribution in [2.24, 2.45) is 0 Å². The predicted octanol–water partition coefficient (Wildman–Crippen LogP) is 4.82. The van der Waals surface area contributed by atoms with E-state index in [1.807, 2.05) is 51.1 Å². The number of halogens is 1. The van der Waals surface area contributed by atoms with Crippen LogP contribution in [0.5, 0.6) is 5.75 Å². The molecule has 29 heavy (non-hydrogen) atoms. The molecule has 2 aromatic carbocycles. The third-order valence-electron chi connectivity index (χ3n) is 4.59. The molecule has 0 aliphatic heterocycles. The Kier molecular flexibility index (Phi) is 6.54. The van der Waals surface area contributed by atoms with Crippen LogP contribution in [0, 0.1) is 13.8 Å². The van der Waals surface area contributed by atoms with Gasteiger partial charge in [-0.1, -0.05) is 46.6 Å². The summed E-state index contributed by atoms with van der Waals surface area (Å²) in [7, 11) is 0. The highest BCUT2D eigenvalue weighted by Crippen LogP contribution is 2.22. The second kappa shape index (κ2) is 9.09. The monoisotopic (exact) mass is 413 g/mol. The Balaban J connectivity index is 1.66. The summed E-state index contributed by atoms with van der Waals surface area (Å²) in [4.78, 5) is 18.9. The van der Waals surface area contributed by atoms with Crippen LogP contribution >= 0.6 is 11.6 Å². The lowest BCUT2D eigenvalue weighted by Gasteiger charge is -2.23. The molecule has 1 atom stereocenters. The average molecular weight is 414 g/mol. The predicted molar refractivity (Wildman–Crippen MR) is 112 cm³/mol. The molecule has 0 radical (unpaired) electrons. The molecule has 152 valence electrons. The minimum Gasteiger partial charge on any atom is -0.481 e. The zero-order chi connectivity index (χ0) is 21.0. The van der Waals surface area contributed by atoms with E-state index in [9.17, 15) is 4.79 Å². The third kappa shape index (κ3) is 5.15. The zero-order valence-electron chi connectivity index (χ0n) is 17.0. The topological polar surface area (TPSA) is 68.5 Å². The van der Waals surface area contributed by atoms with Crippen LogP contribution in [0.3, 0.4) is 0 Å². The van der Waals surface area contributed by atoms with Crippen LogP contribution in [0.2, 0.25) is 5.02 Å². The Morgan fingerprint density at radius 2 is 1.93 bits per heavy atom. The molecule has 1 amide bonds. The van der Waals surface area contributed by atoms with Crippen molar-refractivity contribution in [3.8, 4) is 17.1 Å². The van der Waals surface area contributed by atoms with Crippen molar-refractivity contribution in [3.05, 3.63) is 64.5 Å². The molecule has 0 aliphatic rings. The van der Waals surface area contributed by atoms with Crippen LogP contribution in [-0.2, 0) is 11.3 Å². The summed E-state index contributed by atoms with van der Waals surface area (Å²) in [5.74, 6) is 1.33. The molecule has 6 nitrogen and oxygen atoms in total. The van der Waals surface area contributed by atoms with Crippen molar-refractivity contribution in [3.63, 3.8) is 0 Å². The number of carbonyl (C=O) groups is 1. The number of likely N-dealkylation sites (N-methyl/N-ethyl adjacent to an activating group) is 1. The molecule has 0 spiro atoms. The van der Waals surface area contributed by atoms with Gasteiger partial charge >= 0.3 is 0 Å². The van der Waals surface area contributed by atoms with Gasteiger partial charge in [0.1, 0.15) is 12.3 Å². The van der Waals surface area contributed by atoms with Gasteiger partial charge in [-0.2, -0.15) is 4.98 Å². The number of amides is 1. The zero-order valence-corrected chi connectivity index (χ0v) is 17.7. The summed E-state index contributed by atoms with van der Waals surface area (Å²) in [5, 5.41) is 4.69. The van der Waals surface area contributed by atoms with Crippen molar-refractivity contribution in [2.75, 3.05) is 6.54 Å². The van der Waals surface area contributed by atoms with E-state index in [0.29, 0.717) is 29.0 Å². The summed E-state index contributed by atoms with van der Waals surface area (Å²) in [5.41, 5.74) is 2.92. The van der Waals surface area contributed by atoms with Gasteiger partial charge in [0.05, 0.1) is 0 Å². The Morgan fingerprint density at radius 1 is 1.21 bits per heavy atom. The van der Waals surface area contributed by atoms with Gasteiger partial charge in [0.15, 0.2) is 6.10 Å². The van der Waals surface area contributed by atoms with Crippen LogP contribution in [0.1, 0.15) is 30.9 Å². The number of nitrogens with zero attached hydrogens (tertiary/aromatic N) is 3. The SMILES string of the molecule is CCN(Cc1nc(-c2ccc(C)cc2)no1)C(=O)[C@@H](C)Oc1ccc(Cl)c(C)c1. The van der Waals surface area contributed by atoms with Crippen molar-refractivity contribution in [1.82, 2.24) is 15.0 Å². The highest BCUT2D eigenvalue weighted by molar-refractivity contribution is 6.31. The molecule has 3 rings (SSSR count). The smallest absolute Gasteiger partial charge is 0.263 e. The quantitative estimate of drug-likeness (QED) is 0.555. The molecular formula is C22H24ClN3O3. The van der Waals surface area contributed by atoms with E-state index in [1.54, 1.807) is 24.0 Å². The first-order valence-electron chi connectivity index (χ1n) is 9.48. The summed E-state index contributed by atoms with van der Waals surface area (Å²) in [6, 6.07) is 13.2. The second-order valence-corrected chi connectivity index (χ2v) is 7.31. The molecule has 3 aromatic rings. The van der Waals surface area contributed by atoms with Gasteiger partial charge in [-0.25, -0.2) is 0 Å². The minimum absolute atomic E-state index is 0.157. The first kappa shape index (κ1) is 20.9. The number of rotatable bonds is 7. The lowest BCUT2D eigenvalue weighted by Crippen LogP contribution is -2.40. The molecule has 0 bridgehead atoms. The highest BCUT2D eigenvalue weighted by Gasteiger charge is 2.23. The largest absolute Gasteiger partial charge is 0.481 e. The maximum absolute atomic E-state index is 12.8. The molecule has 0 fully saturated rings. The normalized spacial score (nSPS) is 11.9. The van der Waals surface area contributed by atoms with Crippen molar-refractivity contribution >= 4 is 17.5 Å². The van der Waals surface area contributed by atoms with Crippen molar-refractivity contribution < 1.29 is 14.1 Å². The van der Waals surface area contributed by atoms with Crippen LogP contribution in [0.4, 0.5) is 0 Å². The van der Waals surface area contributed by atoms with Crippen LogP contribution < -0.4 is 4.74 Å². The maximum Gasteiger partial charge on any atom is 0.263 e. The lowest BCUT2D eigenvalue weighted by atomic mass is 10.1. The fraction of sp³-hybridized carbons (Fsp3) is 0.318. The molecule has 1 heterocycles. The van der Waals surface area contributed by atoms with Crippen molar-refractivity contribution in [1.29, 1.82) is 0 Å². The standard InChI is InChI=1S/C22H24ClN3O3/c1-5-26(22(27)16(4)28-18-10-11-19(23)15(3)12-18)13-20-24-21(25-29-20)17-8-6-14(2)7-9-17/h6-12,16H,5,13H2,1-4H3/t16-/m1/s1. The first-order valence-corrected chi connectivity index (χ1v) is 9.86.